The molecule has 0 aliphatic rings. The van der Waals surface area contributed by atoms with E-state index in [2.05, 4.69) is 45.5 Å². The number of likely N-dealkylation sites (N-methyl/N-ethyl adjacent to an activating group) is 1. The van der Waals surface area contributed by atoms with Gasteiger partial charge in [0.2, 0.25) is 0 Å². The van der Waals surface area contributed by atoms with Crippen LogP contribution in [0.25, 0.3) is 0 Å². The van der Waals surface area contributed by atoms with Crippen LogP contribution in [0.2, 0.25) is 0 Å². The van der Waals surface area contributed by atoms with Gasteiger partial charge in [-0.15, -0.1) is 11.8 Å². The summed E-state index contributed by atoms with van der Waals surface area (Å²) < 4.78 is 1.12. The van der Waals surface area contributed by atoms with Crippen molar-refractivity contribution in [2.75, 3.05) is 19.4 Å². The van der Waals surface area contributed by atoms with E-state index in [9.17, 15) is 5.11 Å². The maximum Gasteiger partial charge on any atom is 0.0674 e. The Kier molecular flexibility index (Phi) is 6.30. The fourth-order valence-electron chi connectivity index (χ4n) is 2.32. The molecule has 0 bridgehead atoms. The van der Waals surface area contributed by atoms with Gasteiger partial charge in [-0.25, -0.2) is 0 Å². The van der Waals surface area contributed by atoms with Crippen LogP contribution in [0, 0.1) is 0 Å². The number of benzene rings is 2. The molecule has 21 heavy (non-hydrogen) atoms. The average molecular weight is 366 g/mol. The Morgan fingerprint density at radius 1 is 1.10 bits per heavy atom. The highest BCUT2D eigenvalue weighted by molar-refractivity contribution is 9.10. The number of hydrogen-bond acceptors (Lipinski definition) is 3. The van der Waals surface area contributed by atoms with E-state index in [1.165, 1.54) is 4.90 Å². The molecule has 0 aliphatic heterocycles. The first-order valence-corrected chi connectivity index (χ1v) is 8.72. The standard InChI is InChI=1S/C17H20BrNOS/c1-19-17(13-20,14-7-3-2-4-8-14)11-12-21-16-10-6-5-9-15(16)18/h2-10,19-20H,11-13H2,1H3. The third-order valence-electron chi connectivity index (χ3n) is 3.70. The fraction of sp³-hybridized carbons (Fsp3) is 0.294. The molecule has 0 heterocycles. The molecule has 2 aromatic carbocycles. The summed E-state index contributed by atoms with van der Waals surface area (Å²) >= 11 is 5.37. The van der Waals surface area contributed by atoms with Crippen molar-refractivity contribution in [3.05, 3.63) is 64.6 Å². The van der Waals surface area contributed by atoms with Gasteiger partial charge in [-0.2, -0.15) is 0 Å². The van der Waals surface area contributed by atoms with Crippen LogP contribution in [0.1, 0.15) is 12.0 Å². The highest BCUT2D eigenvalue weighted by Gasteiger charge is 2.29. The van der Waals surface area contributed by atoms with Crippen molar-refractivity contribution in [3.8, 4) is 0 Å². The molecule has 2 aromatic rings. The van der Waals surface area contributed by atoms with Crippen molar-refractivity contribution in [2.45, 2.75) is 16.9 Å². The normalized spacial score (nSPS) is 13.9. The molecule has 1 unspecified atom stereocenters. The Labute approximate surface area is 139 Å². The molecule has 2 rings (SSSR count). The van der Waals surface area contributed by atoms with Crippen molar-refractivity contribution in [2.24, 2.45) is 0 Å². The second-order valence-electron chi connectivity index (χ2n) is 4.89. The summed E-state index contributed by atoms with van der Waals surface area (Å²) in [6.45, 7) is 0.0873. The van der Waals surface area contributed by atoms with E-state index in [0.29, 0.717) is 0 Å². The third kappa shape index (κ3) is 4.10. The van der Waals surface area contributed by atoms with Crippen molar-refractivity contribution >= 4 is 27.7 Å². The van der Waals surface area contributed by atoms with Crippen LogP contribution < -0.4 is 5.32 Å². The van der Waals surface area contributed by atoms with E-state index in [1.54, 1.807) is 11.8 Å². The van der Waals surface area contributed by atoms with E-state index in [1.807, 2.05) is 37.4 Å². The predicted molar refractivity (Wildman–Crippen MR) is 93.7 cm³/mol. The van der Waals surface area contributed by atoms with Crippen LogP contribution >= 0.6 is 27.7 Å². The summed E-state index contributed by atoms with van der Waals surface area (Å²) in [5, 5.41) is 13.2. The fourth-order valence-corrected chi connectivity index (χ4v) is 4.00. The molecule has 2 nitrogen and oxygen atoms in total. The maximum atomic E-state index is 9.90. The van der Waals surface area contributed by atoms with Gasteiger partial charge in [0.15, 0.2) is 0 Å². The van der Waals surface area contributed by atoms with Crippen molar-refractivity contribution < 1.29 is 5.11 Å². The molecule has 1 atom stereocenters. The molecule has 0 spiro atoms. The van der Waals surface area contributed by atoms with Crippen LogP contribution in [0.4, 0.5) is 0 Å². The lowest BCUT2D eigenvalue weighted by atomic mass is 9.88. The highest BCUT2D eigenvalue weighted by Crippen LogP contribution is 2.31. The smallest absolute Gasteiger partial charge is 0.0674 e. The van der Waals surface area contributed by atoms with Crippen LogP contribution in [0.3, 0.4) is 0 Å². The monoisotopic (exact) mass is 365 g/mol. The SMILES string of the molecule is CNC(CO)(CCSc1ccccc1Br)c1ccccc1. The minimum absolute atomic E-state index is 0.0873. The lowest BCUT2D eigenvalue weighted by Crippen LogP contribution is -2.44. The Hall–Kier alpha value is -0.810. The van der Waals surface area contributed by atoms with Crippen LogP contribution in [0.15, 0.2) is 64.0 Å². The molecule has 0 radical (unpaired) electrons. The Balaban J connectivity index is 2.06. The van der Waals surface area contributed by atoms with Crippen molar-refractivity contribution in [1.82, 2.24) is 5.32 Å². The van der Waals surface area contributed by atoms with Crippen LogP contribution in [-0.4, -0.2) is 24.5 Å². The zero-order valence-electron chi connectivity index (χ0n) is 12.1. The summed E-state index contributed by atoms with van der Waals surface area (Å²) in [7, 11) is 1.91. The third-order valence-corrected chi connectivity index (χ3v) is 5.73. The first-order chi connectivity index (χ1) is 10.2. The minimum atomic E-state index is -0.379. The molecule has 2 N–H and O–H groups in total. The van der Waals surface area contributed by atoms with E-state index >= 15 is 0 Å². The molecule has 0 aromatic heterocycles. The van der Waals surface area contributed by atoms with Gasteiger partial charge in [-0.3, -0.25) is 0 Å². The van der Waals surface area contributed by atoms with Gasteiger partial charge in [0.25, 0.3) is 0 Å². The molecule has 112 valence electrons. The van der Waals surface area contributed by atoms with Gasteiger partial charge < -0.3 is 10.4 Å². The predicted octanol–water partition coefficient (Wildman–Crippen LogP) is 4.04. The van der Waals surface area contributed by atoms with Crippen molar-refractivity contribution in [3.63, 3.8) is 0 Å². The molecule has 0 saturated carbocycles. The summed E-state index contributed by atoms with van der Waals surface area (Å²) in [5.41, 5.74) is 0.748. The second-order valence-corrected chi connectivity index (χ2v) is 6.88. The topological polar surface area (TPSA) is 32.3 Å². The number of halogens is 1. The molecule has 0 fully saturated rings. The van der Waals surface area contributed by atoms with Gasteiger partial charge >= 0.3 is 0 Å². The van der Waals surface area contributed by atoms with Gasteiger partial charge in [0, 0.05) is 15.1 Å². The second kappa shape index (κ2) is 7.99. The molecular weight excluding hydrogens is 346 g/mol. The van der Waals surface area contributed by atoms with Gasteiger partial charge in [0.1, 0.15) is 0 Å². The van der Waals surface area contributed by atoms with Crippen LogP contribution in [0.5, 0.6) is 0 Å². The number of aliphatic hydroxyl groups excluding tert-OH is 1. The largest absolute Gasteiger partial charge is 0.394 e. The highest BCUT2D eigenvalue weighted by atomic mass is 79.9. The van der Waals surface area contributed by atoms with Gasteiger partial charge in [-0.1, -0.05) is 42.5 Å². The number of aliphatic hydroxyl groups is 1. The summed E-state index contributed by atoms with van der Waals surface area (Å²) in [6, 6.07) is 18.4. The molecule has 0 amide bonds. The maximum absolute atomic E-state index is 9.90. The van der Waals surface area contributed by atoms with E-state index in [4.69, 9.17) is 0 Å². The number of rotatable bonds is 7. The Morgan fingerprint density at radius 3 is 2.38 bits per heavy atom. The molecule has 0 aliphatic carbocycles. The minimum Gasteiger partial charge on any atom is -0.394 e. The summed E-state index contributed by atoms with van der Waals surface area (Å²) in [6.07, 6.45) is 0.857. The van der Waals surface area contributed by atoms with E-state index < -0.39 is 0 Å². The van der Waals surface area contributed by atoms with E-state index in [0.717, 1.165) is 22.2 Å². The van der Waals surface area contributed by atoms with Crippen LogP contribution in [-0.2, 0) is 5.54 Å². The molecule has 4 heteroatoms. The lowest BCUT2D eigenvalue weighted by Gasteiger charge is -2.32. The zero-order chi connectivity index (χ0) is 15.1. The quantitative estimate of drug-likeness (QED) is 0.726. The van der Waals surface area contributed by atoms with Gasteiger partial charge in [-0.05, 0) is 47.1 Å². The number of nitrogens with one attached hydrogen (secondary N) is 1. The number of hydrogen-bond donors (Lipinski definition) is 2. The first kappa shape index (κ1) is 16.6. The molecule has 0 saturated heterocycles. The van der Waals surface area contributed by atoms with Crippen molar-refractivity contribution in [1.29, 1.82) is 0 Å². The summed E-state index contributed by atoms with van der Waals surface area (Å²) in [5.74, 6) is 0.929. The Bertz CT molecular complexity index is 558. The van der Waals surface area contributed by atoms with Gasteiger partial charge in [0.05, 0.1) is 12.1 Å². The number of thioether (sulfide) groups is 1. The summed E-state index contributed by atoms with van der Waals surface area (Å²) in [4.78, 5) is 1.23. The molecular formula is C17H20BrNOS. The first-order valence-electron chi connectivity index (χ1n) is 6.94. The Morgan fingerprint density at radius 2 is 1.76 bits per heavy atom. The average Bonchev–Trinajstić information content (AvgIpc) is 2.54. The van der Waals surface area contributed by atoms with E-state index in [-0.39, 0.29) is 12.1 Å². The lowest BCUT2D eigenvalue weighted by molar-refractivity contribution is 0.165. The zero-order valence-corrected chi connectivity index (χ0v) is 14.5.